The van der Waals surface area contributed by atoms with Gasteiger partial charge in [-0.05, 0) is 18.9 Å². The second kappa shape index (κ2) is 7.29. The van der Waals surface area contributed by atoms with E-state index in [1.807, 2.05) is 37.3 Å². The van der Waals surface area contributed by atoms with Gasteiger partial charge in [0.1, 0.15) is 18.0 Å². The fraction of sp³-hybridized carbons (Fsp3) is 0.500. The number of rotatable bonds is 5. The van der Waals surface area contributed by atoms with Gasteiger partial charge in [0.05, 0.1) is 7.11 Å². The molecule has 128 valence electrons. The number of nitrogens with zero attached hydrogens (tertiary/aromatic N) is 6. The molecule has 0 aliphatic carbocycles. The minimum Gasteiger partial charge on any atom is -0.481 e. The fourth-order valence-corrected chi connectivity index (χ4v) is 2.70. The first-order valence-corrected chi connectivity index (χ1v) is 8.03. The molecule has 0 unspecified atom stereocenters. The Hall–Kier alpha value is -2.64. The van der Waals surface area contributed by atoms with Gasteiger partial charge in [0.15, 0.2) is 0 Å². The SMILES string of the molecule is COc1cc(NC2CCN(c3nccc(N(C)C)n3)CC2)ncn1. The minimum absolute atomic E-state index is 0.373. The van der Waals surface area contributed by atoms with Crippen molar-refractivity contribution in [2.24, 2.45) is 0 Å². The Balaban J connectivity index is 1.58. The van der Waals surface area contributed by atoms with Gasteiger partial charge in [-0.15, -0.1) is 0 Å². The molecule has 2 aromatic heterocycles. The van der Waals surface area contributed by atoms with Crippen LogP contribution in [0.5, 0.6) is 5.88 Å². The molecule has 0 bridgehead atoms. The Morgan fingerprint density at radius 1 is 1.21 bits per heavy atom. The molecule has 0 atom stereocenters. The van der Waals surface area contributed by atoms with Gasteiger partial charge in [0.2, 0.25) is 11.8 Å². The highest BCUT2D eigenvalue weighted by Gasteiger charge is 2.21. The maximum absolute atomic E-state index is 5.13. The molecule has 0 spiro atoms. The summed E-state index contributed by atoms with van der Waals surface area (Å²) in [6.07, 6.45) is 5.33. The van der Waals surface area contributed by atoms with Gasteiger partial charge in [-0.2, -0.15) is 4.98 Å². The topological polar surface area (TPSA) is 79.3 Å². The van der Waals surface area contributed by atoms with E-state index in [0.717, 1.165) is 43.5 Å². The van der Waals surface area contributed by atoms with E-state index in [1.165, 1.54) is 6.33 Å². The number of hydrogen-bond donors (Lipinski definition) is 1. The fourth-order valence-electron chi connectivity index (χ4n) is 2.70. The second-order valence-electron chi connectivity index (χ2n) is 5.96. The van der Waals surface area contributed by atoms with Gasteiger partial charge in [-0.25, -0.2) is 15.0 Å². The van der Waals surface area contributed by atoms with Gasteiger partial charge < -0.3 is 19.9 Å². The molecular formula is C16H23N7O. The number of piperidine rings is 1. The Morgan fingerprint density at radius 2 is 2.00 bits per heavy atom. The summed E-state index contributed by atoms with van der Waals surface area (Å²) in [5.74, 6) is 3.08. The van der Waals surface area contributed by atoms with Gasteiger partial charge in [-0.3, -0.25) is 0 Å². The van der Waals surface area contributed by atoms with Crippen molar-refractivity contribution >= 4 is 17.6 Å². The molecule has 0 aromatic carbocycles. The van der Waals surface area contributed by atoms with Crippen LogP contribution in [-0.4, -0.2) is 60.3 Å². The molecule has 3 rings (SSSR count). The van der Waals surface area contributed by atoms with E-state index >= 15 is 0 Å². The lowest BCUT2D eigenvalue weighted by molar-refractivity contribution is 0.397. The van der Waals surface area contributed by atoms with E-state index in [4.69, 9.17) is 4.74 Å². The van der Waals surface area contributed by atoms with Crippen LogP contribution in [-0.2, 0) is 0 Å². The molecule has 1 saturated heterocycles. The highest BCUT2D eigenvalue weighted by atomic mass is 16.5. The molecule has 8 nitrogen and oxygen atoms in total. The minimum atomic E-state index is 0.373. The lowest BCUT2D eigenvalue weighted by Crippen LogP contribution is -2.40. The molecule has 3 heterocycles. The molecule has 0 radical (unpaired) electrons. The lowest BCUT2D eigenvalue weighted by Gasteiger charge is -2.32. The van der Waals surface area contributed by atoms with Crippen molar-refractivity contribution in [3.05, 3.63) is 24.7 Å². The molecule has 1 N–H and O–H groups in total. The van der Waals surface area contributed by atoms with E-state index < -0.39 is 0 Å². The number of methoxy groups -OCH3 is 1. The van der Waals surface area contributed by atoms with Crippen LogP contribution in [0.1, 0.15) is 12.8 Å². The van der Waals surface area contributed by atoms with Crippen molar-refractivity contribution in [2.75, 3.05) is 49.4 Å². The summed E-state index contributed by atoms with van der Waals surface area (Å²) in [5.41, 5.74) is 0. The predicted octanol–water partition coefficient (Wildman–Crippen LogP) is 1.42. The van der Waals surface area contributed by atoms with E-state index in [1.54, 1.807) is 7.11 Å². The lowest BCUT2D eigenvalue weighted by atomic mass is 10.1. The van der Waals surface area contributed by atoms with Crippen LogP contribution in [0, 0.1) is 0 Å². The van der Waals surface area contributed by atoms with Crippen LogP contribution in [0.15, 0.2) is 24.7 Å². The number of anilines is 3. The van der Waals surface area contributed by atoms with Crippen LogP contribution in [0.3, 0.4) is 0 Å². The third kappa shape index (κ3) is 3.81. The number of ether oxygens (including phenoxy) is 1. The maximum atomic E-state index is 5.13. The number of nitrogens with one attached hydrogen (secondary N) is 1. The summed E-state index contributed by atoms with van der Waals surface area (Å²) in [5, 5.41) is 3.45. The third-order valence-corrected chi connectivity index (χ3v) is 4.07. The Morgan fingerprint density at radius 3 is 2.71 bits per heavy atom. The van der Waals surface area contributed by atoms with Crippen LogP contribution in [0.2, 0.25) is 0 Å². The molecule has 0 amide bonds. The van der Waals surface area contributed by atoms with E-state index in [0.29, 0.717) is 11.9 Å². The average Bonchev–Trinajstić information content (AvgIpc) is 2.62. The quantitative estimate of drug-likeness (QED) is 0.882. The highest BCUT2D eigenvalue weighted by Crippen LogP contribution is 2.21. The van der Waals surface area contributed by atoms with Crippen molar-refractivity contribution in [3.8, 4) is 5.88 Å². The van der Waals surface area contributed by atoms with E-state index in [-0.39, 0.29) is 0 Å². The van der Waals surface area contributed by atoms with Gasteiger partial charge in [0.25, 0.3) is 0 Å². The molecule has 1 aliphatic heterocycles. The van der Waals surface area contributed by atoms with Crippen molar-refractivity contribution in [3.63, 3.8) is 0 Å². The second-order valence-corrected chi connectivity index (χ2v) is 5.96. The van der Waals surface area contributed by atoms with Crippen LogP contribution in [0.4, 0.5) is 17.6 Å². The summed E-state index contributed by atoms with van der Waals surface area (Å²) in [7, 11) is 5.57. The van der Waals surface area contributed by atoms with Crippen LogP contribution in [0.25, 0.3) is 0 Å². The van der Waals surface area contributed by atoms with Gasteiger partial charge >= 0.3 is 0 Å². The number of aromatic nitrogens is 4. The summed E-state index contributed by atoms with van der Waals surface area (Å²) < 4.78 is 5.13. The van der Waals surface area contributed by atoms with Gasteiger partial charge in [0, 0.05) is 45.5 Å². The predicted molar refractivity (Wildman–Crippen MR) is 93.8 cm³/mol. The first-order valence-electron chi connectivity index (χ1n) is 8.03. The Bertz CT molecular complexity index is 671. The highest BCUT2D eigenvalue weighted by molar-refractivity contribution is 5.43. The molecule has 2 aromatic rings. The zero-order valence-corrected chi connectivity index (χ0v) is 14.3. The zero-order chi connectivity index (χ0) is 16.9. The van der Waals surface area contributed by atoms with Crippen LogP contribution < -0.4 is 19.9 Å². The molecule has 1 fully saturated rings. The first-order chi connectivity index (χ1) is 11.7. The summed E-state index contributed by atoms with van der Waals surface area (Å²) in [6, 6.07) is 4.11. The smallest absolute Gasteiger partial charge is 0.227 e. The molecular weight excluding hydrogens is 306 g/mol. The normalized spacial score (nSPS) is 15.2. The molecule has 0 saturated carbocycles. The van der Waals surface area contributed by atoms with Crippen molar-refractivity contribution in [1.29, 1.82) is 0 Å². The standard InChI is InChI=1S/C16H23N7O/c1-22(2)14-4-7-17-16(21-14)23-8-5-12(6-9-23)20-13-10-15(24-3)19-11-18-13/h4,7,10-12H,5-6,8-9H2,1-3H3,(H,18,19,20). The number of hydrogen-bond acceptors (Lipinski definition) is 8. The summed E-state index contributed by atoms with van der Waals surface area (Å²) >= 11 is 0. The average molecular weight is 329 g/mol. The third-order valence-electron chi connectivity index (χ3n) is 4.07. The first kappa shape index (κ1) is 16.2. The van der Waals surface area contributed by atoms with Crippen molar-refractivity contribution in [2.45, 2.75) is 18.9 Å². The molecule has 24 heavy (non-hydrogen) atoms. The molecule has 8 heteroatoms. The van der Waals surface area contributed by atoms with E-state index in [2.05, 4.69) is 30.2 Å². The Kier molecular flexibility index (Phi) is 4.93. The molecule has 1 aliphatic rings. The van der Waals surface area contributed by atoms with Crippen molar-refractivity contribution < 1.29 is 4.74 Å². The zero-order valence-electron chi connectivity index (χ0n) is 14.3. The summed E-state index contributed by atoms with van der Waals surface area (Å²) in [6.45, 7) is 1.83. The monoisotopic (exact) mass is 329 g/mol. The van der Waals surface area contributed by atoms with Crippen molar-refractivity contribution in [1.82, 2.24) is 19.9 Å². The maximum Gasteiger partial charge on any atom is 0.227 e. The Labute approximate surface area is 141 Å². The summed E-state index contributed by atoms with van der Waals surface area (Å²) in [4.78, 5) is 21.5. The largest absolute Gasteiger partial charge is 0.481 e. The van der Waals surface area contributed by atoms with E-state index in [9.17, 15) is 0 Å². The van der Waals surface area contributed by atoms with Crippen LogP contribution >= 0.6 is 0 Å². The van der Waals surface area contributed by atoms with Gasteiger partial charge in [-0.1, -0.05) is 0 Å².